The van der Waals surface area contributed by atoms with Gasteiger partial charge in [-0.25, -0.2) is 0 Å². The molecule has 2 rings (SSSR count). The quantitative estimate of drug-likeness (QED) is 0.610. The Kier molecular flexibility index (Phi) is 8.28. The van der Waals surface area contributed by atoms with Crippen LogP contribution in [0.15, 0.2) is 36.4 Å². The van der Waals surface area contributed by atoms with E-state index in [4.69, 9.17) is 21.1 Å². The van der Waals surface area contributed by atoms with Crippen LogP contribution in [0.25, 0.3) is 0 Å². The highest BCUT2D eigenvalue weighted by Crippen LogP contribution is 2.19. The number of ether oxygens (including phenoxy) is 2. The highest BCUT2D eigenvalue weighted by atomic mass is 35.5. The molecule has 6 nitrogen and oxygen atoms in total. The maximum absolute atomic E-state index is 10.2. The molecule has 0 saturated heterocycles. The molecule has 0 fully saturated rings. The molecule has 2 N–H and O–H groups in total. The van der Waals surface area contributed by atoms with E-state index in [-0.39, 0.29) is 12.1 Å². The number of para-hydroxylation sites is 1. The Bertz CT molecular complexity index is 695. The average molecular weight is 394 g/mol. The second-order valence-electron chi connectivity index (χ2n) is 7.07. The van der Waals surface area contributed by atoms with Gasteiger partial charge in [0.25, 0.3) is 0 Å². The van der Waals surface area contributed by atoms with Crippen molar-refractivity contribution in [2.24, 2.45) is 0 Å². The van der Waals surface area contributed by atoms with Crippen molar-refractivity contribution in [2.45, 2.75) is 45.3 Å². The molecule has 1 heterocycles. The lowest BCUT2D eigenvalue weighted by Gasteiger charge is -2.27. The third kappa shape index (κ3) is 7.71. The van der Waals surface area contributed by atoms with Gasteiger partial charge in [-0.1, -0.05) is 43.1 Å². The largest absolute Gasteiger partial charge is 0.491 e. The number of aromatic nitrogens is 2. The number of aliphatic hydroxyl groups excluding tert-OH is 1. The molecular formula is C20H28ClN3O3. The van der Waals surface area contributed by atoms with Gasteiger partial charge < -0.3 is 19.9 Å². The van der Waals surface area contributed by atoms with Crippen LogP contribution in [0.1, 0.15) is 32.8 Å². The maximum Gasteiger partial charge on any atom is 0.233 e. The predicted octanol–water partition coefficient (Wildman–Crippen LogP) is 3.27. The molecule has 0 spiro atoms. The van der Waals surface area contributed by atoms with Crippen molar-refractivity contribution in [1.29, 1.82) is 0 Å². The Balaban J connectivity index is 1.75. The number of β-amino-alcohol motifs (C(OH)–C–C–N with tert-alkyl or cyclic N) is 1. The van der Waals surface area contributed by atoms with Gasteiger partial charge in [-0.05, 0) is 38.0 Å². The monoisotopic (exact) mass is 393 g/mol. The zero-order valence-electron chi connectivity index (χ0n) is 16.1. The number of aryl methyl sites for hydroxylation is 1. The Morgan fingerprint density at radius 1 is 1.15 bits per heavy atom. The fourth-order valence-corrected chi connectivity index (χ4v) is 2.55. The summed E-state index contributed by atoms with van der Waals surface area (Å²) in [4.78, 5) is 0. The van der Waals surface area contributed by atoms with E-state index in [1.54, 1.807) is 12.1 Å². The lowest BCUT2D eigenvalue weighted by molar-refractivity contribution is 0.0918. The second kappa shape index (κ2) is 10.4. The Labute approximate surface area is 165 Å². The molecule has 1 aromatic heterocycles. The molecule has 1 aromatic carbocycles. The van der Waals surface area contributed by atoms with E-state index in [0.29, 0.717) is 24.2 Å². The standard InChI is InChI=1S/C20H28ClN3O3/c1-4-7-15-8-5-6-9-17(15)26-13-16(25)12-22-20(2,3)14-27-19-11-10-18(21)23-24-19/h5-6,8-11,16,22,25H,4,7,12-14H2,1-3H3. The van der Waals surface area contributed by atoms with Crippen LogP contribution in [0.2, 0.25) is 5.15 Å². The minimum Gasteiger partial charge on any atom is -0.491 e. The van der Waals surface area contributed by atoms with E-state index in [1.807, 2.05) is 32.0 Å². The van der Waals surface area contributed by atoms with Crippen LogP contribution in [-0.2, 0) is 6.42 Å². The van der Waals surface area contributed by atoms with Gasteiger partial charge in [0, 0.05) is 18.2 Å². The predicted molar refractivity (Wildman–Crippen MR) is 107 cm³/mol. The molecule has 0 aliphatic carbocycles. The van der Waals surface area contributed by atoms with Crippen LogP contribution in [0.4, 0.5) is 0 Å². The van der Waals surface area contributed by atoms with Crippen molar-refractivity contribution >= 4 is 11.6 Å². The van der Waals surface area contributed by atoms with Crippen LogP contribution in [0.3, 0.4) is 0 Å². The van der Waals surface area contributed by atoms with Crippen molar-refractivity contribution in [1.82, 2.24) is 15.5 Å². The third-order valence-corrected chi connectivity index (χ3v) is 4.13. The zero-order chi connectivity index (χ0) is 19.7. The van der Waals surface area contributed by atoms with Gasteiger partial charge in [0.15, 0.2) is 5.15 Å². The number of hydrogen-bond acceptors (Lipinski definition) is 6. The first-order valence-electron chi connectivity index (χ1n) is 9.15. The maximum atomic E-state index is 10.2. The zero-order valence-corrected chi connectivity index (χ0v) is 16.9. The molecule has 0 aliphatic heterocycles. The van der Waals surface area contributed by atoms with Crippen LogP contribution in [0.5, 0.6) is 11.6 Å². The van der Waals surface area contributed by atoms with Gasteiger partial charge >= 0.3 is 0 Å². The molecule has 1 unspecified atom stereocenters. The van der Waals surface area contributed by atoms with E-state index in [1.165, 1.54) is 0 Å². The van der Waals surface area contributed by atoms with E-state index < -0.39 is 6.10 Å². The van der Waals surface area contributed by atoms with Crippen molar-refractivity contribution in [3.63, 3.8) is 0 Å². The van der Waals surface area contributed by atoms with Crippen LogP contribution in [0, 0.1) is 0 Å². The number of hydrogen-bond donors (Lipinski definition) is 2. The lowest BCUT2D eigenvalue weighted by Crippen LogP contribution is -2.48. The number of rotatable bonds is 11. The van der Waals surface area contributed by atoms with Gasteiger partial charge in [0.1, 0.15) is 25.1 Å². The van der Waals surface area contributed by atoms with Gasteiger partial charge in [0.2, 0.25) is 5.88 Å². The summed E-state index contributed by atoms with van der Waals surface area (Å²) in [5, 5.41) is 21.5. The third-order valence-electron chi connectivity index (χ3n) is 3.93. The van der Waals surface area contributed by atoms with Crippen LogP contribution >= 0.6 is 11.6 Å². The molecule has 0 radical (unpaired) electrons. The first-order chi connectivity index (χ1) is 12.9. The van der Waals surface area contributed by atoms with Crippen molar-refractivity contribution in [2.75, 3.05) is 19.8 Å². The molecule has 0 aliphatic rings. The summed E-state index contributed by atoms with van der Waals surface area (Å²) in [5.74, 6) is 1.24. The molecule has 0 bridgehead atoms. The number of nitrogens with one attached hydrogen (secondary N) is 1. The topological polar surface area (TPSA) is 76.5 Å². The SMILES string of the molecule is CCCc1ccccc1OCC(O)CNC(C)(C)COc1ccc(Cl)nn1. The first-order valence-corrected chi connectivity index (χ1v) is 9.53. The van der Waals surface area contributed by atoms with Crippen molar-refractivity contribution in [3.8, 4) is 11.6 Å². The minimum atomic E-state index is -0.630. The second-order valence-corrected chi connectivity index (χ2v) is 7.46. The lowest BCUT2D eigenvalue weighted by atomic mass is 10.1. The summed E-state index contributed by atoms with van der Waals surface area (Å²) >= 11 is 5.71. The van der Waals surface area contributed by atoms with Crippen molar-refractivity contribution in [3.05, 3.63) is 47.1 Å². The summed E-state index contributed by atoms with van der Waals surface area (Å²) < 4.78 is 11.4. The van der Waals surface area contributed by atoms with E-state index in [2.05, 4.69) is 28.5 Å². The molecule has 7 heteroatoms. The average Bonchev–Trinajstić information content (AvgIpc) is 2.66. The minimum absolute atomic E-state index is 0.229. The van der Waals surface area contributed by atoms with E-state index in [9.17, 15) is 5.11 Å². The normalized spacial score (nSPS) is 12.6. The molecule has 148 valence electrons. The molecular weight excluding hydrogens is 366 g/mol. The molecule has 27 heavy (non-hydrogen) atoms. The molecule has 0 amide bonds. The van der Waals surface area contributed by atoms with Gasteiger partial charge in [0.05, 0.1) is 0 Å². The summed E-state index contributed by atoms with van der Waals surface area (Å²) in [7, 11) is 0. The number of aliphatic hydroxyl groups is 1. The van der Waals surface area contributed by atoms with Gasteiger partial charge in [-0.2, -0.15) is 0 Å². The molecule has 1 atom stereocenters. The Morgan fingerprint density at radius 2 is 1.93 bits per heavy atom. The van der Waals surface area contributed by atoms with Gasteiger partial charge in [-0.15, -0.1) is 10.2 Å². The van der Waals surface area contributed by atoms with Crippen LogP contribution < -0.4 is 14.8 Å². The number of halogens is 1. The van der Waals surface area contributed by atoms with Crippen molar-refractivity contribution < 1.29 is 14.6 Å². The van der Waals surface area contributed by atoms with Crippen LogP contribution in [-0.4, -0.2) is 46.7 Å². The molecule has 2 aromatic rings. The Morgan fingerprint density at radius 3 is 2.63 bits per heavy atom. The summed E-state index contributed by atoms with van der Waals surface area (Å²) in [6.07, 6.45) is 1.38. The summed E-state index contributed by atoms with van der Waals surface area (Å²) in [6, 6.07) is 11.2. The number of nitrogens with zero attached hydrogens (tertiary/aromatic N) is 2. The molecule has 0 saturated carbocycles. The first kappa shape index (κ1) is 21.4. The fraction of sp³-hybridized carbons (Fsp3) is 0.500. The van der Waals surface area contributed by atoms with E-state index >= 15 is 0 Å². The fourth-order valence-electron chi connectivity index (χ4n) is 2.45. The smallest absolute Gasteiger partial charge is 0.233 e. The number of benzene rings is 1. The summed E-state index contributed by atoms with van der Waals surface area (Å²) in [5.41, 5.74) is 0.806. The van der Waals surface area contributed by atoms with E-state index in [0.717, 1.165) is 24.2 Å². The van der Waals surface area contributed by atoms with Gasteiger partial charge in [-0.3, -0.25) is 0 Å². The highest BCUT2D eigenvalue weighted by Gasteiger charge is 2.20. The Hall–Kier alpha value is -1.89. The summed E-state index contributed by atoms with van der Waals surface area (Å²) in [6.45, 7) is 7.10. The highest BCUT2D eigenvalue weighted by molar-refractivity contribution is 6.29.